The van der Waals surface area contributed by atoms with E-state index < -0.39 is 0 Å². The Morgan fingerprint density at radius 3 is 2.48 bits per heavy atom. The summed E-state index contributed by atoms with van der Waals surface area (Å²) in [5.74, 6) is 0.00624. The second-order valence-electron chi connectivity index (χ2n) is 5.05. The summed E-state index contributed by atoms with van der Waals surface area (Å²) in [6, 6.07) is 12.2. The number of anilines is 1. The molecular formula is C17H18ClNO2. The number of hydrogen-bond acceptors (Lipinski definition) is 2. The lowest BCUT2D eigenvalue weighted by Crippen LogP contribution is -2.12. The smallest absolute Gasteiger partial charge is 0.259 e. The van der Waals surface area contributed by atoms with Crippen LogP contribution in [0.4, 0.5) is 5.69 Å². The van der Waals surface area contributed by atoms with Crippen LogP contribution in [0.3, 0.4) is 0 Å². The van der Waals surface area contributed by atoms with Gasteiger partial charge in [-0.05, 0) is 48.2 Å². The molecule has 0 fully saturated rings. The third-order valence-electron chi connectivity index (χ3n) is 3.55. The van der Waals surface area contributed by atoms with Gasteiger partial charge in [0.15, 0.2) is 0 Å². The minimum atomic E-state index is -0.361. The quantitative estimate of drug-likeness (QED) is 0.851. The third kappa shape index (κ3) is 3.76. The molecule has 2 aromatic rings. The van der Waals surface area contributed by atoms with Crippen molar-refractivity contribution in [3.8, 4) is 5.75 Å². The molecule has 0 heterocycles. The molecule has 0 saturated heterocycles. The molecule has 2 aromatic carbocycles. The summed E-state index contributed by atoms with van der Waals surface area (Å²) in [4.78, 5) is 12.1. The first-order valence-electron chi connectivity index (χ1n) is 6.91. The van der Waals surface area contributed by atoms with Crippen LogP contribution in [0, 0.1) is 0 Å². The van der Waals surface area contributed by atoms with Gasteiger partial charge in [0.05, 0.1) is 5.56 Å². The molecule has 0 aliphatic rings. The molecule has 0 aliphatic heterocycles. The highest BCUT2D eigenvalue weighted by Gasteiger charge is 2.12. The van der Waals surface area contributed by atoms with E-state index in [-0.39, 0.29) is 17.2 Å². The predicted molar refractivity (Wildman–Crippen MR) is 86.2 cm³/mol. The van der Waals surface area contributed by atoms with Crippen molar-refractivity contribution in [2.24, 2.45) is 0 Å². The van der Waals surface area contributed by atoms with Gasteiger partial charge < -0.3 is 10.4 Å². The molecule has 0 aliphatic carbocycles. The Morgan fingerprint density at radius 1 is 1.24 bits per heavy atom. The van der Waals surface area contributed by atoms with E-state index in [1.54, 1.807) is 6.07 Å². The van der Waals surface area contributed by atoms with Crippen molar-refractivity contribution in [1.82, 2.24) is 0 Å². The first-order valence-corrected chi connectivity index (χ1v) is 7.29. The van der Waals surface area contributed by atoms with Crippen LogP contribution in [-0.2, 0) is 0 Å². The Morgan fingerprint density at radius 2 is 1.90 bits per heavy atom. The molecule has 0 saturated carbocycles. The van der Waals surface area contributed by atoms with Crippen molar-refractivity contribution in [2.45, 2.75) is 26.2 Å². The van der Waals surface area contributed by atoms with E-state index in [4.69, 9.17) is 11.6 Å². The SMILES string of the molecule is CCC(C)c1ccc(NC(=O)c2ccc(Cl)cc2O)cc1. The highest BCUT2D eigenvalue weighted by atomic mass is 35.5. The van der Waals surface area contributed by atoms with Gasteiger partial charge in [0.2, 0.25) is 0 Å². The van der Waals surface area contributed by atoms with Crippen LogP contribution in [0.5, 0.6) is 5.75 Å². The van der Waals surface area contributed by atoms with E-state index >= 15 is 0 Å². The summed E-state index contributed by atoms with van der Waals surface area (Å²) in [5, 5.41) is 12.9. The lowest BCUT2D eigenvalue weighted by atomic mass is 9.98. The second-order valence-corrected chi connectivity index (χ2v) is 5.48. The van der Waals surface area contributed by atoms with Gasteiger partial charge in [0.25, 0.3) is 5.91 Å². The van der Waals surface area contributed by atoms with Gasteiger partial charge in [0.1, 0.15) is 5.75 Å². The van der Waals surface area contributed by atoms with Gasteiger partial charge in [-0.15, -0.1) is 0 Å². The number of benzene rings is 2. The summed E-state index contributed by atoms with van der Waals surface area (Å²) < 4.78 is 0. The molecule has 0 aromatic heterocycles. The molecule has 2 N–H and O–H groups in total. The van der Waals surface area contributed by atoms with Crippen LogP contribution >= 0.6 is 11.6 Å². The van der Waals surface area contributed by atoms with E-state index in [0.717, 1.165) is 6.42 Å². The Hall–Kier alpha value is -2.00. The number of aromatic hydroxyl groups is 1. The summed E-state index contributed by atoms with van der Waals surface area (Å²) >= 11 is 5.75. The van der Waals surface area contributed by atoms with Crippen molar-refractivity contribution >= 4 is 23.2 Å². The van der Waals surface area contributed by atoms with Crippen LogP contribution in [0.1, 0.15) is 42.1 Å². The number of hydrogen-bond donors (Lipinski definition) is 2. The fourth-order valence-corrected chi connectivity index (χ4v) is 2.19. The topological polar surface area (TPSA) is 49.3 Å². The van der Waals surface area contributed by atoms with E-state index in [1.165, 1.54) is 17.7 Å². The average molecular weight is 304 g/mol. The largest absolute Gasteiger partial charge is 0.507 e. The van der Waals surface area contributed by atoms with Crippen LogP contribution in [-0.4, -0.2) is 11.0 Å². The lowest BCUT2D eigenvalue weighted by Gasteiger charge is -2.11. The fourth-order valence-electron chi connectivity index (χ4n) is 2.03. The van der Waals surface area contributed by atoms with Gasteiger partial charge in [0, 0.05) is 10.7 Å². The van der Waals surface area contributed by atoms with Crippen molar-refractivity contribution in [2.75, 3.05) is 5.32 Å². The molecular weight excluding hydrogens is 286 g/mol. The standard InChI is InChI=1S/C17H18ClNO2/c1-3-11(2)12-4-7-14(8-5-12)19-17(21)15-9-6-13(18)10-16(15)20/h4-11,20H,3H2,1-2H3,(H,19,21). The highest BCUT2D eigenvalue weighted by molar-refractivity contribution is 6.30. The van der Waals surface area contributed by atoms with E-state index in [2.05, 4.69) is 19.2 Å². The molecule has 0 bridgehead atoms. The number of phenolic OH excluding ortho intramolecular Hbond substituents is 1. The number of carbonyl (C=O) groups is 1. The Labute approximate surface area is 129 Å². The number of rotatable bonds is 4. The summed E-state index contributed by atoms with van der Waals surface area (Å²) in [6.45, 7) is 4.31. The Kier molecular flexibility index (Phi) is 4.86. The van der Waals surface area contributed by atoms with Crippen molar-refractivity contribution < 1.29 is 9.90 Å². The molecule has 110 valence electrons. The maximum atomic E-state index is 12.1. The summed E-state index contributed by atoms with van der Waals surface area (Å²) in [7, 11) is 0. The molecule has 1 atom stereocenters. The molecule has 4 heteroatoms. The number of phenols is 1. The first kappa shape index (κ1) is 15.4. The average Bonchev–Trinajstić information content (AvgIpc) is 2.47. The first-order chi connectivity index (χ1) is 10.0. The van der Waals surface area contributed by atoms with E-state index in [0.29, 0.717) is 16.6 Å². The lowest BCUT2D eigenvalue weighted by molar-refractivity contribution is 0.102. The van der Waals surface area contributed by atoms with Crippen molar-refractivity contribution in [3.63, 3.8) is 0 Å². The Bertz CT molecular complexity index is 638. The van der Waals surface area contributed by atoms with E-state index in [1.807, 2.05) is 24.3 Å². The molecule has 3 nitrogen and oxygen atoms in total. The number of halogens is 1. The van der Waals surface area contributed by atoms with Gasteiger partial charge in [-0.1, -0.05) is 37.6 Å². The zero-order valence-electron chi connectivity index (χ0n) is 12.1. The number of amides is 1. The maximum absolute atomic E-state index is 12.1. The van der Waals surface area contributed by atoms with Crippen LogP contribution < -0.4 is 5.32 Å². The van der Waals surface area contributed by atoms with Gasteiger partial charge in [-0.2, -0.15) is 0 Å². The zero-order chi connectivity index (χ0) is 15.4. The number of carbonyl (C=O) groups excluding carboxylic acids is 1. The van der Waals surface area contributed by atoms with Crippen LogP contribution in [0.15, 0.2) is 42.5 Å². The van der Waals surface area contributed by atoms with Crippen LogP contribution in [0.2, 0.25) is 5.02 Å². The third-order valence-corrected chi connectivity index (χ3v) is 3.79. The molecule has 1 unspecified atom stereocenters. The minimum absolute atomic E-state index is 0.128. The monoisotopic (exact) mass is 303 g/mol. The van der Waals surface area contributed by atoms with Gasteiger partial charge >= 0.3 is 0 Å². The Balaban J connectivity index is 2.12. The van der Waals surface area contributed by atoms with Gasteiger partial charge in [-0.25, -0.2) is 0 Å². The molecule has 21 heavy (non-hydrogen) atoms. The number of nitrogens with one attached hydrogen (secondary N) is 1. The highest BCUT2D eigenvalue weighted by Crippen LogP contribution is 2.24. The fraction of sp³-hybridized carbons (Fsp3) is 0.235. The molecule has 0 spiro atoms. The van der Waals surface area contributed by atoms with Crippen molar-refractivity contribution in [3.05, 3.63) is 58.6 Å². The van der Waals surface area contributed by atoms with E-state index in [9.17, 15) is 9.90 Å². The van der Waals surface area contributed by atoms with Crippen molar-refractivity contribution in [1.29, 1.82) is 0 Å². The molecule has 2 rings (SSSR count). The predicted octanol–water partition coefficient (Wildman–Crippen LogP) is 4.81. The van der Waals surface area contributed by atoms with Crippen LogP contribution in [0.25, 0.3) is 0 Å². The molecule has 0 radical (unpaired) electrons. The van der Waals surface area contributed by atoms with Gasteiger partial charge in [-0.3, -0.25) is 4.79 Å². The summed E-state index contributed by atoms with van der Waals surface area (Å²) in [6.07, 6.45) is 1.07. The second kappa shape index (κ2) is 6.64. The summed E-state index contributed by atoms with van der Waals surface area (Å²) in [5.41, 5.74) is 2.14. The zero-order valence-corrected chi connectivity index (χ0v) is 12.8. The normalized spacial score (nSPS) is 12.0. The minimum Gasteiger partial charge on any atom is -0.507 e. The maximum Gasteiger partial charge on any atom is 0.259 e. The molecule has 1 amide bonds.